The van der Waals surface area contributed by atoms with E-state index >= 15 is 0 Å². The molecule has 1 N–H and O–H groups in total. The number of nitrogens with one attached hydrogen (secondary N) is 1. The van der Waals surface area contributed by atoms with Crippen LogP contribution in [0.5, 0.6) is 0 Å². The van der Waals surface area contributed by atoms with Gasteiger partial charge in [-0.25, -0.2) is 0 Å². The molecule has 0 saturated carbocycles. The zero-order valence-electron chi connectivity index (χ0n) is 7.79. The van der Waals surface area contributed by atoms with Crippen LogP contribution in [0.4, 0.5) is 0 Å². The third kappa shape index (κ3) is 2.38. The van der Waals surface area contributed by atoms with Gasteiger partial charge in [0, 0.05) is 19.1 Å². The molecule has 0 aromatic heterocycles. The molecular formula is C9H16N2OS. The van der Waals surface area contributed by atoms with Gasteiger partial charge in [0.15, 0.2) is 0 Å². The fraction of sp³-hybridized carbons (Fsp3) is 0.889. The maximum Gasteiger partial charge on any atom is 0.234 e. The SMILES string of the molecule is O=C1CN(C2CCSCC2)CCN1. The lowest BCUT2D eigenvalue weighted by Crippen LogP contribution is -2.52. The summed E-state index contributed by atoms with van der Waals surface area (Å²) in [6.45, 7) is 2.50. The van der Waals surface area contributed by atoms with E-state index in [1.165, 1.54) is 24.3 Å². The van der Waals surface area contributed by atoms with Crippen molar-refractivity contribution in [2.75, 3.05) is 31.1 Å². The summed E-state index contributed by atoms with van der Waals surface area (Å²) in [6, 6.07) is 0.673. The maximum absolute atomic E-state index is 11.2. The maximum atomic E-state index is 11.2. The van der Waals surface area contributed by atoms with Gasteiger partial charge in [0.1, 0.15) is 0 Å². The Labute approximate surface area is 83.2 Å². The number of rotatable bonds is 1. The van der Waals surface area contributed by atoms with Gasteiger partial charge in [-0.3, -0.25) is 9.69 Å². The standard InChI is InChI=1S/C9H16N2OS/c12-9-7-11(4-3-10-9)8-1-5-13-6-2-8/h8H,1-7H2,(H,10,12). The number of hydrogen-bond acceptors (Lipinski definition) is 3. The Morgan fingerprint density at radius 3 is 2.85 bits per heavy atom. The first-order chi connectivity index (χ1) is 6.36. The molecule has 2 aliphatic rings. The van der Waals surface area contributed by atoms with Gasteiger partial charge in [-0.1, -0.05) is 0 Å². The predicted octanol–water partition coefficient (Wildman–Crippen LogP) is 0.314. The van der Waals surface area contributed by atoms with E-state index in [4.69, 9.17) is 0 Å². The Hall–Kier alpha value is -0.220. The van der Waals surface area contributed by atoms with Gasteiger partial charge in [-0.2, -0.15) is 11.8 Å². The van der Waals surface area contributed by atoms with Crippen molar-refractivity contribution in [2.45, 2.75) is 18.9 Å². The molecule has 4 heteroatoms. The monoisotopic (exact) mass is 200 g/mol. The molecule has 0 aromatic carbocycles. The van der Waals surface area contributed by atoms with Gasteiger partial charge < -0.3 is 5.32 Å². The van der Waals surface area contributed by atoms with Crippen molar-refractivity contribution < 1.29 is 4.79 Å². The molecule has 2 fully saturated rings. The zero-order chi connectivity index (χ0) is 9.10. The van der Waals surface area contributed by atoms with Crippen LogP contribution in [0.15, 0.2) is 0 Å². The minimum absolute atomic E-state index is 0.199. The van der Waals surface area contributed by atoms with Crippen LogP contribution < -0.4 is 5.32 Å². The minimum Gasteiger partial charge on any atom is -0.354 e. The fourth-order valence-corrected chi connectivity index (χ4v) is 3.10. The highest BCUT2D eigenvalue weighted by molar-refractivity contribution is 7.99. The molecule has 0 spiro atoms. The van der Waals surface area contributed by atoms with Crippen LogP contribution in [0.2, 0.25) is 0 Å². The molecule has 1 amide bonds. The Morgan fingerprint density at radius 1 is 1.38 bits per heavy atom. The number of piperazine rings is 1. The number of carbonyl (C=O) groups is 1. The van der Waals surface area contributed by atoms with Gasteiger partial charge in [-0.15, -0.1) is 0 Å². The fourth-order valence-electron chi connectivity index (χ4n) is 2.02. The molecule has 2 heterocycles. The van der Waals surface area contributed by atoms with Crippen LogP contribution >= 0.6 is 11.8 Å². The van der Waals surface area contributed by atoms with Crippen molar-refractivity contribution >= 4 is 17.7 Å². The summed E-state index contributed by atoms with van der Waals surface area (Å²) in [5, 5.41) is 2.87. The lowest BCUT2D eigenvalue weighted by molar-refractivity contribution is -0.124. The summed E-state index contributed by atoms with van der Waals surface area (Å²) in [5.41, 5.74) is 0. The second kappa shape index (κ2) is 4.33. The quantitative estimate of drug-likeness (QED) is 0.661. The van der Waals surface area contributed by atoms with Gasteiger partial charge in [-0.05, 0) is 24.3 Å². The first-order valence-electron chi connectivity index (χ1n) is 4.95. The summed E-state index contributed by atoms with van der Waals surface area (Å²) >= 11 is 2.04. The Morgan fingerprint density at radius 2 is 2.15 bits per heavy atom. The summed E-state index contributed by atoms with van der Waals surface area (Å²) in [5.74, 6) is 2.73. The summed E-state index contributed by atoms with van der Waals surface area (Å²) in [6.07, 6.45) is 2.52. The largest absolute Gasteiger partial charge is 0.354 e. The molecular weight excluding hydrogens is 184 g/mol. The van der Waals surface area contributed by atoms with Crippen LogP contribution in [0.25, 0.3) is 0 Å². The van der Waals surface area contributed by atoms with Crippen molar-refractivity contribution in [3.8, 4) is 0 Å². The van der Waals surface area contributed by atoms with Crippen LogP contribution in [-0.2, 0) is 4.79 Å². The minimum atomic E-state index is 0.199. The van der Waals surface area contributed by atoms with Gasteiger partial charge in [0.2, 0.25) is 5.91 Å². The highest BCUT2D eigenvalue weighted by Gasteiger charge is 2.25. The van der Waals surface area contributed by atoms with Crippen molar-refractivity contribution in [3.05, 3.63) is 0 Å². The second-order valence-corrected chi connectivity index (χ2v) is 4.89. The Balaban J connectivity index is 1.87. The number of nitrogens with zero attached hydrogens (tertiary/aromatic N) is 1. The van der Waals surface area contributed by atoms with Crippen molar-refractivity contribution in [3.63, 3.8) is 0 Å². The third-order valence-electron chi connectivity index (χ3n) is 2.78. The number of amides is 1. The van der Waals surface area contributed by atoms with Crippen LogP contribution in [0.3, 0.4) is 0 Å². The molecule has 2 rings (SSSR count). The lowest BCUT2D eigenvalue weighted by Gasteiger charge is -2.36. The molecule has 0 aromatic rings. The summed E-state index contributed by atoms with van der Waals surface area (Å²) in [7, 11) is 0. The Kier molecular flexibility index (Phi) is 3.11. The summed E-state index contributed by atoms with van der Waals surface area (Å²) < 4.78 is 0. The van der Waals surface area contributed by atoms with E-state index < -0.39 is 0 Å². The molecule has 0 aliphatic carbocycles. The molecule has 3 nitrogen and oxygen atoms in total. The topological polar surface area (TPSA) is 32.3 Å². The van der Waals surface area contributed by atoms with Crippen molar-refractivity contribution in [1.82, 2.24) is 10.2 Å². The number of hydrogen-bond donors (Lipinski definition) is 1. The van der Waals surface area contributed by atoms with E-state index in [0.29, 0.717) is 12.6 Å². The highest BCUT2D eigenvalue weighted by Crippen LogP contribution is 2.21. The van der Waals surface area contributed by atoms with E-state index in [-0.39, 0.29) is 5.91 Å². The summed E-state index contributed by atoms with van der Waals surface area (Å²) in [4.78, 5) is 13.5. The van der Waals surface area contributed by atoms with Crippen LogP contribution in [0, 0.1) is 0 Å². The smallest absolute Gasteiger partial charge is 0.234 e. The molecule has 0 radical (unpaired) electrons. The second-order valence-electron chi connectivity index (χ2n) is 3.66. The lowest BCUT2D eigenvalue weighted by atomic mass is 10.1. The highest BCUT2D eigenvalue weighted by atomic mass is 32.2. The first-order valence-corrected chi connectivity index (χ1v) is 6.10. The van der Waals surface area contributed by atoms with E-state index in [1.54, 1.807) is 0 Å². The van der Waals surface area contributed by atoms with Crippen LogP contribution in [-0.4, -0.2) is 48.0 Å². The van der Waals surface area contributed by atoms with Crippen molar-refractivity contribution in [1.29, 1.82) is 0 Å². The molecule has 2 aliphatic heterocycles. The predicted molar refractivity (Wildman–Crippen MR) is 54.9 cm³/mol. The van der Waals surface area contributed by atoms with E-state index in [1.807, 2.05) is 11.8 Å². The molecule has 2 saturated heterocycles. The van der Waals surface area contributed by atoms with Gasteiger partial charge >= 0.3 is 0 Å². The Bertz CT molecular complexity index is 192. The first kappa shape index (κ1) is 9.34. The van der Waals surface area contributed by atoms with E-state index in [9.17, 15) is 4.79 Å². The normalized spacial score (nSPS) is 27.2. The van der Waals surface area contributed by atoms with E-state index in [0.717, 1.165) is 13.1 Å². The zero-order valence-corrected chi connectivity index (χ0v) is 8.61. The van der Waals surface area contributed by atoms with Gasteiger partial charge in [0.05, 0.1) is 6.54 Å². The average molecular weight is 200 g/mol. The molecule has 0 unspecified atom stereocenters. The molecule has 0 bridgehead atoms. The molecule has 13 heavy (non-hydrogen) atoms. The van der Waals surface area contributed by atoms with Crippen molar-refractivity contribution in [2.24, 2.45) is 0 Å². The molecule has 0 atom stereocenters. The van der Waals surface area contributed by atoms with Gasteiger partial charge in [0.25, 0.3) is 0 Å². The third-order valence-corrected chi connectivity index (χ3v) is 3.82. The molecule has 74 valence electrons. The number of carbonyl (C=O) groups excluding carboxylic acids is 1. The number of thioether (sulfide) groups is 1. The van der Waals surface area contributed by atoms with E-state index in [2.05, 4.69) is 10.2 Å². The average Bonchev–Trinajstić information content (AvgIpc) is 2.19. The van der Waals surface area contributed by atoms with Crippen LogP contribution in [0.1, 0.15) is 12.8 Å².